The first kappa shape index (κ1) is 30.1. The molecule has 0 spiro atoms. The zero-order valence-electron chi connectivity index (χ0n) is 22.8. The largest absolute Gasteiger partial charge is 0.444 e. The number of benzene rings is 2. The number of primary amides is 1. The van der Waals surface area contributed by atoms with Crippen LogP contribution in [0.1, 0.15) is 46.1 Å². The van der Waals surface area contributed by atoms with Crippen molar-refractivity contribution in [2.45, 2.75) is 69.0 Å². The van der Waals surface area contributed by atoms with E-state index in [2.05, 4.69) is 10.6 Å². The van der Waals surface area contributed by atoms with E-state index in [0.717, 1.165) is 16.7 Å². The first-order valence-electron chi connectivity index (χ1n) is 12.9. The van der Waals surface area contributed by atoms with Crippen LogP contribution in [0.5, 0.6) is 0 Å². The SMILES string of the molecule is CCS(=O)(=O)c1ccc(-c2ccc(CC(NC(=O)C3(NC(=O)OC(C)(C)C)CCOCC3)C(N)=O)cc2)cc1. The molecule has 3 rings (SSSR count). The summed E-state index contributed by atoms with van der Waals surface area (Å²) in [6.07, 6.45) is -0.146. The van der Waals surface area contributed by atoms with Crippen LogP contribution in [0.4, 0.5) is 4.79 Å². The number of amides is 3. The molecule has 1 fully saturated rings. The van der Waals surface area contributed by atoms with Gasteiger partial charge < -0.3 is 25.8 Å². The molecule has 1 saturated heterocycles. The smallest absolute Gasteiger partial charge is 0.408 e. The van der Waals surface area contributed by atoms with E-state index in [-0.39, 0.29) is 43.1 Å². The third-order valence-corrected chi connectivity index (χ3v) is 8.24. The van der Waals surface area contributed by atoms with Gasteiger partial charge in [0.05, 0.1) is 10.6 Å². The first-order valence-corrected chi connectivity index (χ1v) is 14.5. The molecular formula is C28H37N3O7S. The summed E-state index contributed by atoms with van der Waals surface area (Å²) in [7, 11) is -3.28. The first-order chi connectivity index (χ1) is 18.2. The van der Waals surface area contributed by atoms with Crippen LogP contribution >= 0.6 is 0 Å². The van der Waals surface area contributed by atoms with E-state index >= 15 is 0 Å². The van der Waals surface area contributed by atoms with Crippen LogP contribution < -0.4 is 16.4 Å². The van der Waals surface area contributed by atoms with Crippen LogP contribution in [0.15, 0.2) is 53.4 Å². The number of hydrogen-bond acceptors (Lipinski definition) is 7. The van der Waals surface area contributed by atoms with Crippen LogP contribution in [0.2, 0.25) is 0 Å². The molecule has 212 valence electrons. The number of carbonyl (C=O) groups is 3. The number of rotatable bonds is 9. The van der Waals surface area contributed by atoms with Gasteiger partial charge in [-0.05, 0) is 49.6 Å². The number of nitrogens with one attached hydrogen (secondary N) is 2. The molecule has 3 amide bonds. The maximum Gasteiger partial charge on any atom is 0.408 e. The van der Waals surface area contributed by atoms with Gasteiger partial charge in [0, 0.05) is 32.5 Å². The quantitative estimate of drug-likeness (QED) is 0.427. The second kappa shape index (κ2) is 12.2. The minimum absolute atomic E-state index is 0.0323. The van der Waals surface area contributed by atoms with Gasteiger partial charge >= 0.3 is 6.09 Å². The van der Waals surface area contributed by atoms with Crippen LogP contribution in [0.3, 0.4) is 0 Å². The van der Waals surface area contributed by atoms with Gasteiger partial charge in [-0.1, -0.05) is 43.3 Å². The van der Waals surface area contributed by atoms with Crippen molar-refractivity contribution in [3.63, 3.8) is 0 Å². The number of carbonyl (C=O) groups excluding carboxylic acids is 3. The van der Waals surface area contributed by atoms with Crippen molar-refractivity contribution in [3.05, 3.63) is 54.1 Å². The fourth-order valence-electron chi connectivity index (χ4n) is 4.24. The molecule has 0 aromatic heterocycles. The molecule has 1 heterocycles. The van der Waals surface area contributed by atoms with Gasteiger partial charge in [0.15, 0.2) is 9.84 Å². The van der Waals surface area contributed by atoms with Gasteiger partial charge in [-0.15, -0.1) is 0 Å². The second-order valence-electron chi connectivity index (χ2n) is 10.6. The monoisotopic (exact) mass is 559 g/mol. The number of sulfone groups is 1. The van der Waals surface area contributed by atoms with E-state index in [1.807, 2.05) is 24.3 Å². The molecular weight excluding hydrogens is 522 g/mol. The molecule has 1 aliphatic rings. The molecule has 2 aromatic carbocycles. The van der Waals surface area contributed by atoms with Crippen LogP contribution in [0.25, 0.3) is 11.1 Å². The zero-order valence-corrected chi connectivity index (χ0v) is 23.6. The van der Waals surface area contributed by atoms with E-state index < -0.39 is 44.9 Å². The lowest BCUT2D eigenvalue weighted by Gasteiger charge is -2.37. The van der Waals surface area contributed by atoms with Gasteiger partial charge in [0.2, 0.25) is 11.8 Å². The van der Waals surface area contributed by atoms with E-state index in [0.29, 0.717) is 0 Å². The van der Waals surface area contributed by atoms with Crippen molar-refractivity contribution < 1.29 is 32.3 Å². The van der Waals surface area contributed by atoms with Crippen molar-refractivity contribution in [1.29, 1.82) is 0 Å². The standard InChI is InChI=1S/C28H37N3O7S/c1-5-39(35,36)22-12-10-21(11-13-22)20-8-6-19(7-9-20)18-23(24(29)32)30-25(33)28(14-16-37-17-15-28)31-26(34)38-27(2,3)4/h6-13,23H,5,14-18H2,1-4H3,(H2,29,32)(H,30,33)(H,31,34). The summed E-state index contributed by atoms with van der Waals surface area (Å²) in [5.74, 6) is -1.20. The van der Waals surface area contributed by atoms with Gasteiger partial charge in [-0.2, -0.15) is 0 Å². The van der Waals surface area contributed by atoms with E-state index in [1.54, 1.807) is 52.0 Å². The van der Waals surface area contributed by atoms with Crippen molar-refractivity contribution >= 4 is 27.7 Å². The highest BCUT2D eigenvalue weighted by Crippen LogP contribution is 2.24. The van der Waals surface area contributed by atoms with Crippen molar-refractivity contribution in [2.24, 2.45) is 5.73 Å². The maximum atomic E-state index is 13.4. The molecule has 1 aliphatic heterocycles. The highest BCUT2D eigenvalue weighted by atomic mass is 32.2. The highest BCUT2D eigenvalue weighted by molar-refractivity contribution is 7.91. The van der Waals surface area contributed by atoms with Gasteiger partial charge in [-0.25, -0.2) is 13.2 Å². The summed E-state index contributed by atoms with van der Waals surface area (Å²) in [5, 5.41) is 5.42. The van der Waals surface area contributed by atoms with Crippen molar-refractivity contribution in [1.82, 2.24) is 10.6 Å². The third-order valence-electron chi connectivity index (χ3n) is 6.49. The molecule has 0 radical (unpaired) electrons. The van der Waals surface area contributed by atoms with Gasteiger partial charge in [0.25, 0.3) is 0 Å². The maximum absolute atomic E-state index is 13.4. The lowest BCUT2D eigenvalue weighted by molar-refractivity contribution is -0.135. The molecule has 0 saturated carbocycles. The Morgan fingerprint density at radius 3 is 2.03 bits per heavy atom. The summed E-state index contributed by atoms with van der Waals surface area (Å²) in [5.41, 5.74) is 6.05. The molecule has 4 N–H and O–H groups in total. The molecule has 10 nitrogen and oxygen atoms in total. The third kappa shape index (κ3) is 8.03. The normalized spacial score (nSPS) is 16.1. The molecule has 39 heavy (non-hydrogen) atoms. The highest BCUT2D eigenvalue weighted by Gasteiger charge is 2.43. The van der Waals surface area contributed by atoms with Crippen LogP contribution in [-0.4, -0.2) is 62.5 Å². The van der Waals surface area contributed by atoms with Gasteiger partial charge in [0.1, 0.15) is 17.2 Å². The fraction of sp³-hybridized carbons (Fsp3) is 0.464. The number of ether oxygens (including phenoxy) is 2. The second-order valence-corrected chi connectivity index (χ2v) is 12.9. The van der Waals surface area contributed by atoms with E-state index in [4.69, 9.17) is 15.2 Å². The minimum Gasteiger partial charge on any atom is -0.444 e. The molecule has 0 bridgehead atoms. The average molecular weight is 560 g/mol. The van der Waals surface area contributed by atoms with E-state index in [9.17, 15) is 22.8 Å². The Labute approximate surface area is 229 Å². The Hall–Kier alpha value is -3.44. The molecule has 0 aliphatic carbocycles. The summed E-state index contributed by atoms with van der Waals surface area (Å²) in [4.78, 5) is 38.5. The fourth-order valence-corrected chi connectivity index (χ4v) is 5.12. The Morgan fingerprint density at radius 2 is 1.54 bits per heavy atom. The number of hydrogen-bond donors (Lipinski definition) is 3. The minimum atomic E-state index is -3.28. The van der Waals surface area contributed by atoms with Crippen LogP contribution in [-0.2, 0) is 35.3 Å². The summed E-state index contributed by atoms with van der Waals surface area (Å²) in [6, 6.07) is 13.0. The molecule has 2 aromatic rings. The Balaban J connectivity index is 1.72. The van der Waals surface area contributed by atoms with Gasteiger partial charge in [-0.3, -0.25) is 9.59 Å². The van der Waals surface area contributed by atoms with E-state index in [1.165, 1.54) is 0 Å². The Morgan fingerprint density at radius 1 is 1.00 bits per heavy atom. The summed E-state index contributed by atoms with van der Waals surface area (Å²) >= 11 is 0. The Bertz CT molecular complexity index is 1280. The average Bonchev–Trinajstić information content (AvgIpc) is 2.88. The summed E-state index contributed by atoms with van der Waals surface area (Å²) < 4.78 is 34.8. The molecule has 1 atom stereocenters. The lowest BCUT2D eigenvalue weighted by atomic mass is 9.88. The predicted molar refractivity (Wildman–Crippen MR) is 147 cm³/mol. The van der Waals surface area contributed by atoms with Crippen molar-refractivity contribution in [3.8, 4) is 11.1 Å². The molecule has 1 unspecified atom stereocenters. The predicted octanol–water partition coefficient (Wildman–Crippen LogP) is 2.73. The number of nitrogens with two attached hydrogens (primary N) is 1. The topological polar surface area (TPSA) is 154 Å². The molecule has 11 heteroatoms. The van der Waals surface area contributed by atoms with Crippen LogP contribution in [0, 0.1) is 0 Å². The lowest BCUT2D eigenvalue weighted by Crippen LogP contribution is -2.64. The van der Waals surface area contributed by atoms with Crippen molar-refractivity contribution in [2.75, 3.05) is 19.0 Å². The summed E-state index contributed by atoms with van der Waals surface area (Å²) in [6.45, 7) is 7.30. The number of alkyl carbamates (subject to hydrolysis) is 1. The zero-order chi connectivity index (χ0) is 28.8. The Kier molecular flexibility index (Phi) is 9.39.